The fraction of sp³-hybridized carbons (Fsp3) is 0.588. The standard InChI is InChI=1S/C17H22ClNO/c18-10-14-6-3-7-15(14)11-19-17(20)16-8-12-4-1-2-5-13(12)9-16/h1-2,4-5,14-16H,3,6-11H2,(H,19,20). The van der Waals surface area contributed by atoms with E-state index in [4.69, 9.17) is 11.6 Å². The lowest BCUT2D eigenvalue weighted by atomic mass is 9.97. The van der Waals surface area contributed by atoms with Crippen LogP contribution in [0.15, 0.2) is 24.3 Å². The maximum Gasteiger partial charge on any atom is 0.223 e. The van der Waals surface area contributed by atoms with Gasteiger partial charge in [0.25, 0.3) is 0 Å². The molecule has 20 heavy (non-hydrogen) atoms. The molecule has 0 spiro atoms. The lowest BCUT2D eigenvalue weighted by Crippen LogP contribution is -2.36. The van der Waals surface area contributed by atoms with Crippen molar-refractivity contribution in [2.45, 2.75) is 32.1 Å². The van der Waals surface area contributed by atoms with Gasteiger partial charge < -0.3 is 5.32 Å². The molecule has 0 aromatic heterocycles. The van der Waals surface area contributed by atoms with Gasteiger partial charge in [-0.05, 0) is 48.6 Å². The van der Waals surface area contributed by atoms with Crippen LogP contribution >= 0.6 is 11.6 Å². The molecule has 0 radical (unpaired) electrons. The van der Waals surface area contributed by atoms with Gasteiger partial charge in [0.05, 0.1) is 0 Å². The SMILES string of the molecule is O=C(NCC1CCCC1CCl)C1Cc2ccccc2C1. The summed E-state index contributed by atoms with van der Waals surface area (Å²) in [6.07, 6.45) is 5.48. The highest BCUT2D eigenvalue weighted by Crippen LogP contribution is 2.32. The molecule has 2 atom stereocenters. The van der Waals surface area contributed by atoms with E-state index in [1.54, 1.807) is 0 Å². The minimum Gasteiger partial charge on any atom is -0.356 e. The van der Waals surface area contributed by atoms with Gasteiger partial charge in [-0.15, -0.1) is 11.6 Å². The van der Waals surface area contributed by atoms with Gasteiger partial charge in [-0.25, -0.2) is 0 Å². The van der Waals surface area contributed by atoms with Crippen LogP contribution in [0.2, 0.25) is 0 Å². The second kappa shape index (κ2) is 6.17. The molecule has 2 aliphatic rings. The number of carbonyl (C=O) groups is 1. The summed E-state index contributed by atoms with van der Waals surface area (Å²) >= 11 is 5.99. The number of alkyl halides is 1. The Balaban J connectivity index is 1.51. The maximum absolute atomic E-state index is 12.3. The number of halogens is 1. The summed E-state index contributed by atoms with van der Waals surface area (Å²) in [5, 5.41) is 3.17. The Kier molecular flexibility index (Phi) is 4.30. The summed E-state index contributed by atoms with van der Waals surface area (Å²) in [6.45, 7) is 0.809. The Labute approximate surface area is 125 Å². The maximum atomic E-state index is 12.3. The zero-order chi connectivity index (χ0) is 13.9. The van der Waals surface area contributed by atoms with Crippen LogP contribution in [0.25, 0.3) is 0 Å². The number of hydrogen-bond acceptors (Lipinski definition) is 1. The van der Waals surface area contributed by atoms with Gasteiger partial charge in [0.15, 0.2) is 0 Å². The van der Waals surface area contributed by atoms with Crippen molar-refractivity contribution in [2.24, 2.45) is 17.8 Å². The summed E-state index contributed by atoms with van der Waals surface area (Å²) in [6, 6.07) is 8.40. The largest absolute Gasteiger partial charge is 0.356 e. The van der Waals surface area contributed by atoms with Crippen molar-refractivity contribution in [1.29, 1.82) is 0 Å². The van der Waals surface area contributed by atoms with Crippen molar-refractivity contribution < 1.29 is 4.79 Å². The van der Waals surface area contributed by atoms with Crippen LogP contribution in [0.5, 0.6) is 0 Å². The number of benzene rings is 1. The summed E-state index contributed by atoms with van der Waals surface area (Å²) in [5.74, 6) is 2.26. The minimum atomic E-state index is 0.128. The molecule has 3 rings (SSSR count). The lowest BCUT2D eigenvalue weighted by Gasteiger charge is -2.19. The number of carbonyl (C=O) groups excluding carboxylic acids is 1. The van der Waals surface area contributed by atoms with Gasteiger partial charge in [-0.1, -0.05) is 30.7 Å². The fourth-order valence-corrected chi connectivity index (χ4v) is 4.11. The highest BCUT2D eigenvalue weighted by molar-refractivity contribution is 6.18. The number of rotatable bonds is 4. The molecule has 1 saturated carbocycles. The van der Waals surface area contributed by atoms with Crippen LogP contribution in [-0.2, 0) is 17.6 Å². The van der Waals surface area contributed by atoms with Gasteiger partial charge >= 0.3 is 0 Å². The Hall–Kier alpha value is -1.02. The minimum absolute atomic E-state index is 0.128. The third-order valence-corrected chi connectivity index (χ3v) is 5.37. The Morgan fingerprint density at radius 3 is 2.45 bits per heavy atom. The first-order valence-corrected chi connectivity index (χ1v) is 8.22. The van der Waals surface area contributed by atoms with Crippen LogP contribution in [-0.4, -0.2) is 18.3 Å². The molecule has 2 aliphatic carbocycles. The molecule has 2 nitrogen and oxygen atoms in total. The van der Waals surface area contributed by atoms with E-state index >= 15 is 0 Å². The molecule has 0 bridgehead atoms. The van der Waals surface area contributed by atoms with Gasteiger partial charge in [-0.2, -0.15) is 0 Å². The molecule has 1 amide bonds. The van der Waals surface area contributed by atoms with Gasteiger partial charge in [0.1, 0.15) is 0 Å². The van der Waals surface area contributed by atoms with Crippen LogP contribution in [0.4, 0.5) is 0 Å². The molecule has 108 valence electrons. The van der Waals surface area contributed by atoms with Gasteiger partial charge in [-0.3, -0.25) is 4.79 Å². The molecule has 1 N–H and O–H groups in total. The van der Waals surface area contributed by atoms with Crippen molar-refractivity contribution in [3.63, 3.8) is 0 Å². The Bertz CT molecular complexity index is 463. The van der Waals surface area contributed by atoms with Gasteiger partial charge in [0.2, 0.25) is 5.91 Å². The van der Waals surface area contributed by atoms with E-state index in [0.717, 1.165) is 25.3 Å². The number of fused-ring (bicyclic) bond motifs is 1. The Morgan fingerprint density at radius 2 is 1.80 bits per heavy atom. The van der Waals surface area contributed by atoms with Crippen LogP contribution in [0, 0.1) is 17.8 Å². The predicted molar refractivity (Wildman–Crippen MR) is 81.9 cm³/mol. The molecule has 2 unspecified atom stereocenters. The van der Waals surface area contributed by atoms with E-state index in [2.05, 4.69) is 29.6 Å². The third-order valence-electron chi connectivity index (χ3n) is 4.97. The van der Waals surface area contributed by atoms with E-state index in [1.165, 1.54) is 30.4 Å². The average Bonchev–Trinajstić information content (AvgIpc) is 3.10. The number of hydrogen-bond donors (Lipinski definition) is 1. The monoisotopic (exact) mass is 291 g/mol. The van der Waals surface area contributed by atoms with E-state index in [-0.39, 0.29) is 11.8 Å². The molecule has 0 heterocycles. The first kappa shape index (κ1) is 13.9. The van der Waals surface area contributed by atoms with Crippen molar-refractivity contribution in [1.82, 2.24) is 5.32 Å². The molecule has 1 aromatic rings. The van der Waals surface area contributed by atoms with E-state index < -0.39 is 0 Å². The lowest BCUT2D eigenvalue weighted by molar-refractivity contribution is -0.124. The van der Waals surface area contributed by atoms with Crippen molar-refractivity contribution in [3.8, 4) is 0 Å². The van der Waals surface area contributed by atoms with Gasteiger partial charge in [0, 0.05) is 18.3 Å². The zero-order valence-corrected chi connectivity index (χ0v) is 12.5. The van der Waals surface area contributed by atoms with Crippen molar-refractivity contribution in [2.75, 3.05) is 12.4 Å². The zero-order valence-electron chi connectivity index (χ0n) is 11.8. The van der Waals surface area contributed by atoms with E-state index in [1.807, 2.05) is 0 Å². The smallest absolute Gasteiger partial charge is 0.223 e. The second-order valence-electron chi connectivity index (χ2n) is 6.22. The van der Waals surface area contributed by atoms with Crippen molar-refractivity contribution in [3.05, 3.63) is 35.4 Å². The molecule has 1 fully saturated rings. The fourth-order valence-electron chi connectivity index (χ4n) is 3.71. The Morgan fingerprint density at radius 1 is 1.15 bits per heavy atom. The second-order valence-corrected chi connectivity index (χ2v) is 6.53. The third kappa shape index (κ3) is 2.85. The molecular weight excluding hydrogens is 270 g/mol. The molecule has 1 aromatic carbocycles. The molecule has 3 heteroatoms. The summed E-state index contributed by atoms with van der Waals surface area (Å²) < 4.78 is 0. The highest BCUT2D eigenvalue weighted by Gasteiger charge is 2.30. The predicted octanol–water partition coefficient (Wildman–Crippen LogP) is 3.17. The molecule has 0 saturated heterocycles. The number of amides is 1. The summed E-state index contributed by atoms with van der Waals surface area (Å²) in [5.41, 5.74) is 2.68. The molecule has 0 aliphatic heterocycles. The first-order chi connectivity index (χ1) is 9.78. The van der Waals surface area contributed by atoms with E-state index in [0.29, 0.717) is 11.8 Å². The quantitative estimate of drug-likeness (QED) is 0.848. The van der Waals surface area contributed by atoms with E-state index in [9.17, 15) is 4.79 Å². The summed E-state index contributed by atoms with van der Waals surface area (Å²) in [7, 11) is 0. The highest BCUT2D eigenvalue weighted by atomic mass is 35.5. The first-order valence-electron chi connectivity index (χ1n) is 7.68. The van der Waals surface area contributed by atoms with Crippen LogP contribution < -0.4 is 5.32 Å². The number of nitrogens with one attached hydrogen (secondary N) is 1. The normalized spacial score (nSPS) is 25.6. The van der Waals surface area contributed by atoms with Crippen molar-refractivity contribution >= 4 is 17.5 Å². The van der Waals surface area contributed by atoms with Crippen LogP contribution in [0.3, 0.4) is 0 Å². The summed E-state index contributed by atoms with van der Waals surface area (Å²) in [4.78, 5) is 12.3. The topological polar surface area (TPSA) is 29.1 Å². The molecular formula is C17H22ClNO. The van der Waals surface area contributed by atoms with Crippen LogP contribution in [0.1, 0.15) is 30.4 Å². The average molecular weight is 292 g/mol.